The first kappa shape index (κ1) is 23.0. The third-order valence-electron chi connectivity index (χ3n) is 6.82. The van der Waals surface area contributed by atoms with Crippen molar-refractivity contribution in [1.82, 2.24) is 14.8 Å². The minimum atomic E-state index is -0.538. The summed E-state index contributed by atoms with van der Waals surface area (Å²) < 4.78 is 26.0. The van der Waals surface area contributed by atoms with Crippen LogP contribution in [0.4, 0.5) is 4.39 Å². The molecule has 3 heterocycles. The van der Waals surface area contributed by atoms with Crippen molar-refractivity contribution in [2.75, 3.05) is 13.1 Å². The molecule has 4 aromatic rings. The lowest BCUT2D eigenvalue weighted by Crippen LogP contribution is -2.45. The first-order valence-corrected chi connectivity index (χ1v) is 11.8. The number of rotatable bonds is 5. The van der Waals surface area contributed by atoms with Crippen LogP contribution < -0.4 is 16.5 Å². The summed E-state index contributed by atoms with van der Waals surface area (Å²) >= 11 is 0. The molecular weight excluding hydrogens is 453 g/mol. The molecule has 1 amide bonds. The molecule has 8 nitrogen and oxygen atoms in total. The molecule has 2 aromatic heterocycles. The number of likely N-dealkylation sites (tertiary alicyclic amines) is 1. The van der Waals surface area contributed by atoms with Gasteiger partial charge in [0.25, 0.3) is 5.91 Å². The normalized spacial score (nSPS) is 16.1. The van der Waals surface area contributed by atoms with Crippen molar-refractivity contribution in [1.29, 1.82) is 0 Å². The van der Waals surface area contributed by atoms with E-state index in [-0.39, 0.29) is 40.0 Å². The van der Waals surface area contributed by atoms with Crippen LogP contribution in [0.1, 0.15) is 48.8 Å². The first-order valence-electron chi connectivity index (χ1n) is 11.8. The highest BCUT2D eigenvalue weighted by atomic mass is 19.1. The van der Waals surface area contributed by atoms with Gasteiger partial charge in [-0.25, -0.2) is 9.18 Å². The van der Waals surface area contributed by atoms with Gasteiger partial charge in [-0.1, -0.05) is 6.07 Å². The molecule has 0 spiro atoms. The van der Waals surface area contributed by atoms with Crippen molar-refractivity contribution < 1.29 is 18.0 Å². The highest BCUT2D eigenvalue weighted by Crippen LogP contribution is 2.27. The standard InChI is InChI=1S/C26H26FN3O5/c1-3-30-20-7-4-16(12-23(20)35-26(30)33)15(2)29-10-8-18(9-11-29)28-25(32)24-14-21(31)19-6-5-17(27)13-22(19)34-24/h4-7,12-15,18H,3,8-11H2,1-2H3,(H,28,32). The number of hydrogen-bond donors (Lipinski definition) is 1. The van der Waals surface area contributed by atoms with E-state index < -0.39 is 11.7 Å². The summed E-state index contributed by atoms with van der Waals surface area (Å²) in [6, 6.07) is 10.7. The van der Waals surface area contributed by atoms with E-state index in [1.54, 1.807) is 4.57 Å². The number of aromatic nitrogens is 1. The number of halogens is 1. The van der Waals surface area contributed by atoms with E-state index in [2.05, 4.69) is 17.1 Å². The number of nitrogens with one attached hydrogen (secondary N) is 1. The number of carbonyl (C=O) groups is 1. The maximum absolute atomic E-state index is 13.5. The van der Waals surface area contributed by atoms with Crippen LogP contribution in [0.15, 0.2) is 60.9 Å². The molecule has 0 saturated carbocycles. The number of carbonyl (C=O) groups excluding carboxylic acids is 1. The number of fused-ring (bicyclic) bond motifs is 2. The van der Waals surface area contributed by atoms with Gasteiger partial charge in [-0.3, -0.25) is 19.1 Å². The van der Waals surface area contributed by atoms with Crippen LogP contribution >= 0.6 is 0 Å². The van der Waals surface area contributed by atoms with Gasteiger partial charge in [0, 0.05) is 43.9 Å². The first-order chi connectivity index (χ1) is 16.8. The summed E-state index contributed by atoms with van der Waals surface area (Å²) in [6.45, 7) is 6.09. The molecule has 35 heavy (non-hydrogen) atoms. The van der Waals surface area contributed by atoms with E-state index in [0.29, 0.717) is 12.1 Å². The monoisotopic (exact) mass is 479 g/mol. The minimum absolute atomic E-state index is 0.0494. The van der Waals surface area contributed by atoms with Crippen LogP contribution in [0, 0.1) is 5.82 Å². The second-order valence-electron chi connectivity index (χ2n) is 8.91. The Balaban J connectivity index is 1.24. The zero-order chi connectivity index (χ0) is 24.7. The van der Waals surface area contributed by atoms with Crippen molar-refractivity contribution in [3.8, 4) is 0 Å². The molecule has 1 atom stereocenters. The molecule has 1 unspecified atom stereocenters. The highest BCUT2D eigenvalue weighted by Gasteiger charge is 2.26. The van der Waals surface area contributed by atoms with E-state index in [9.17, 15) is 18.8 Å². The van der Waals surface area contributed by atoms with E-state index >= 15 is 0 Å². The number of oxazole rings is 1. The van der Waals surface area contributed by atoms with Gasteiger partial charge in [0.15, 0.2) is 16.8 Å². The Labute approximate surface area is 199 Å². The number of piperidine rings is 1. The number of nitrogens with zero attached hydrogens (tertiary/aromatic N) is 2. The van der Waals surface area contributed by atoms with Crippen LogP contribution in [-0.4, -0.2) is 34.5 Å². The largest absolute Gasteiger partial charge is 0.451 e. The summed E-state index contributed by atoms with van der Waals surface area (Å²) in [7, 11) is 0. The van der Waals surface area contributed by atoms with Crippen molar-refractivity contribution in [3.63, 3.8) is 0 Å². The molecule has 182 valence electrons. The maximum atomic E-state index is 13.5. The third-order valence-corrected chi connectivity index (χ3v) is 6.82. The lowest BCUT2D eigenvalue weighted by atomic mass is 10.00. The van der Waals surface area contributed by atoms with Gasteiger partial charge in [-0.15, -0.1) is 0 Å². The Morgan fingerprint density at radius 2 is 1.86 bits per heavy atom. The summed E-state index contributed by atoms with van der Waals surface area (Å²) in [6.07, 6.45) is 1.46. The van der Waals surface area contributed by atoms with Gasteiger partial charge in [0.05, 0.1) is 10.9 Å². The Hall–Kier alpha value is -3.72. The lowest BCUT2D eigenvalue weighted by Gasteiger charge is -2.36. The second kappa shape index (κ2) is 9.14. The van der Waals surface area contributed by atoms with Crippen LogP contribution in [0.25, 0.3) is 22.1 Å². The van der Waals surface area contributed by atoms with Crippen LogP contribution in [0.5, 0.6) is 0 Å². The van der Waals surface area contributed by atoms with E-state index in [4.69, 9.17) is 8.83 Å². The number of aryl methyl sites for hydroxylation is 1. The molecule has 1 N–H and O–H groups in total. The van der Waals surface area contributed by atoms with Crippen molar-refractivity contribution in [3.05, 3.63) is 80.4 Å². The van der Waals surface area contributed by atoms with Gasteiger partial charge in [0.1, 0.15) is 11.4 Å². The summed E-state index contributed by atoms with van der Waals surface area (Å²) in [5, 5.41) is 3.17. The predicted octanol–water partition coefficient (Wildman–Crippen LogP) is 3.82. The molecule has 5 rings (SSSR count). The van der Waals surface area contributed by atoms with E-state index in [1.165, 1.54) is 12.1 Å². The Kier molecular flexibility index (Phi) is 6.02. The fourth-order valence-electron chi connectivity index (χ4n) is 4.78. The van der Waals surface area contributed by atoms with Crippen molar-refractivity contribution in [2.45, 2.75) is 45.3 Å². The summed E-state index contributed by atoms with van der Waals surface area (Å²) in [5.41, 5.74) is 2.09. The van der Waals surface area contributed by atoms with E-state index in [0.717, 1.165) is 49.1 Å². The average Bonchev–Trinajstić information content (AvgIpc) is 3.17. The zero-order valence-corrected chi connectivity index (χ0v) is 19.5. The molecule has 1 aliphatic rings. The van der Waals surface area contributed by atoms with Crippen LogP contribution in [0.2, 0.25) is 0 Å². The SMILES string of the molecule is CCn1c(=O)oc2cc(C(C)N3CCC(NC(=O)c4cc(=O)c5ccc(F)cc5o4)CC3)ccc21. The molecule has 1 fully saturated rings. The molecule has 9 heteroatoms. The maximum Gasteiger partial charge on any atom is 0.419 e. The van der Waals surface area contributed by atoms with Crippen LogP contribution in [-0.2, 0) is 6.54 Å². The summed E-state index contributed by atoms with van der Waals surface area (Å²) in [4.78, 5) is 39.3. The highest BCUT2D eigenvalue weighted by molar-refractivity contribution is 5.93. The topological polar surface area (TPSA) is 97.7 Å². The van der Waals surface area contributed by atoms with Gasteiger partial charge >= 0.3 is 5.76 Å². The number of benzene rings is 2. The quantitative estimate of drug-likeness (QED) is 0.468. The number of hydrogen-bond acceptors (Lipinski definition) is 6. The van der Waals surface area contributed by atoms with Gasteiger partial charge in [-0.2, -0.15) is 0 Å². The van der Waals surface area contributed by atoms with Gasteiger partial charge < -0.3 is 14.2 Å². The third kappa shape index (κ3) is 4.39. The second-order valence-corrected chi connectivity index (χ2v) is 8.91. The zero-order valence-electron chi connectivity index (χ0n) is 19.5. The minimum Gasteiger partial charge on any atom is -0.451 e. The van der Waals surface area contributed by atoms with Crippen molar-refractivity contribution in [2.24, 2.45) is 0 Å². The number of amides is 1. The van der Waals surface area contributed by atoms with E-state index in [1.807, 2.05) is 25.1 Å². The Bertz CT molecular complexity index is 1530. The van der Waals surface area contributed by atoms with Crippen molar-refractivity contribution >= 4 is 28.0 Å². The van der Waals surface area contributed by atoms with Gasteiger partial charge in [-0.05, 0) is 56.5 Å². The molecular formula is C26H26FN3O5. The average molecular weight is 480 g/mol. The molecule has 1 saturated heterocycles. The molecule has 0 aliphatic carbocycles. The Morgan fingerprint density at radius 1 is 1.09 bits per heavy atom. The predicted molar refractivity (Wildman–Crippen MR) is 129 cm³/mol. The Morgan fingerprint density at radius 3 is 2.60 bits per heavy atom. The fraction of sp³-hybridized carbons (Fsp3) is 0.346. The molecule has 1 aliphatic heterocycles. The summed E-state index contributed by atoms with van der Waals surface area (Å²) in [5.74, 6) is -1.50. The van der Waals surface area contributed by atoms with Gasteiger partial charge in [0.2, 0.25) is 0 Å². The lowest BCUT2D eigenvalue weighted by molar-refractivity contribution is 0.0869. The molecule has 0 bridgehead atoms. The molecule has 2 aromatic carbocycles. The van der Waals surface area contributed by atoms with Crippen LogP contribution in [0.3, 0.4) is 0 Å². The smallest absolute Gasteiger partial charge is 0.419 e. The fourth-order valence-corrected chi connectivity index (χ4v) is 4.78. The molecule has 0 radical (unpaired) electrons.